The second-order valence-corrected chi connectivity index (χ2v) is 10.0. The second kappa shape index (κ2) is 9.20. The molecule has 37 heavy (non-hydrogen) atoms. The topological polar surface area (TPSA) is 69.6 Å². The van der Waals surface area contributed by atoms with Crippen LogP contribution in [0.2, 0.25) is 5.02 Å². The van der Waals surface area contributed by atoms with E-state index in [1.807, 2.05) is 32.1 Å². The van der Waals surface area contributed by atoms with Crippen molar-refractivity contribution >= 4 is 29.1 Å². The zero-order chi connectivity index (χ0) is 26.5. The number of rotatable bonds is 5. The Hall–Kier alpha value is -3.90. The lowest BCUT2D eigenvalue weighted by Crippen LogP contribution is -2.48. The van der Waals surface area contributed by atoms with Gasteiger partial charge in [-0.15, -0.1) is 0 Å². The maximum Gasteiger partial charge on any atom is 0.260 e. The zero-order valence-corrected chi connectivity index (χ0v) is 21.2. The number of hydrazine groups is 1. The number of carbonyl (C=O) groups excluding carboxylic acids is 2. The van der Waals surface area contributed by atoms with E-state index in [0.717, 1.165) is 16.1 Å². The maximum absolute atomic E-state index is 14.5. The van der Waals surface area contributed by atoms with Crippen molar-refractivity contribution in [2.75, 3.05) is 5.43 Å². The molecule has 1 heterocycles. The number of nitrogens with zero attached hydrogens (tertiary/aromatic N) is 1. The minimum absolute atomic E-state index is 0.189. The first kappa shape index (κ1) is 24.8. The van der Waals surface area contributed by atoms with Gasteiger partial charge in [0.15, 0.2) is 0 Å². The first-order valence-electron chi connectivity index (χ1n) is 12.0. The number of hydrogen-bond acceptors (Lipinski definition) is 4. The largest absolute Gasteiger partial charge is 0.507 e. The Morgan fingerprint density at radius 1 is 1.08 bits per heavy atom. The number of carbonyl (C=O) groups is 2. The summed E-state index contributed by atoms with van der Waals surface area (Å²) in [7, 11) is 0. The van der Waals surface area contributed by atoms with Crippen molar-refractivity contribution in [3.8, 4) is 5.75 Å². The minimum atomic E-state index is -1.30. The molecule has 2 amide bonds. The molecule has 5 nitrogen and oxygen atoms in total. The number of hydrogen-bond donors (Lipinski definition) is 2. The van der Waals surface area contributed by atoms with Crippen LogP contribution in [0.15, 0.2) is 85.0 Å². The molecule has 1 fully saturated rings. The molecule has 2 aliphatic rings. The molecule has 3 aromatic rings. The number of halogens is 2. The van der Waals surface area contributed by atoms with Crippen molar-refractivity contribution in [2.45, 2.75) is 31.6 Å². The monoisotopic (exact) mass is 516 g/mol. The third-order valence-corrected chi connectivity index (χ3v) is 7.74. The number of phenolic OH excluding ortho intramolecular Hbond substituents is 1. The maximum atomic E-state index is 14.5. The van der Waals surface area contributed by atoms with Gasteiger partial charge in [0, 0.05) is 10.9 Å². The predicted molar refractivity (Wildman–Crippen MR) is 142 cm³/mol. The summed E-state index contributed by atoms with van der Waals surface area (Å²) in [6, 6.07) is 16.2. The van der Waals surface area contributed by atoms with E-state index < -0.39 is 29.0 Å². The van der Waals surface area contributed by atoms with Crippen LogP contribution in [0.3, 0.4) is 0 Å². The quantitative estimate of drug-likeness (QED) is 0.388. The van der Waals surface area contributed by atoms with Gasteiger partial charge in [-0.25, -0.2) is 4.39 Å². The van der Waals surface area contributed by atoms with Crippen molar-refractivity contribution < 1.29 is 19.1 Å². The van der Waals surface area contributed by atoms with Gasteiger partial charge in [0.25, 0.3) is 11.8 Å². The van der Waals surface area contributed by atoms with Crippen LogP contribution in [0, 0.1) is 25.6 Å². The number of benzene rings is 3. The number of fused-ring (bicyclic) bond motifs is 1. The summed E-state index contributed by atoms with van der Waals surface area (Å²) in [5.41, 5.74) is 5.65. The Balaban J connectivity index is 1.75. The van der Waals surface area contributed by atoms with E-state index in [-0.39, 0.29) is 11.7 Å². The first-order valence-corrected chi connectivity index (χ1v) is 12.4. The number of anilines is 1. The van der Waals surface area contributed by atoms with Crippen molar-refractivity contribution in [2.24, 2.45) is 5.92 Å². The van der Waals surface area contributed by atoms with E-state index in [1.165, 1.54) is 24.3 Å². The summed E-state index contributed by atoms with van der Waals surface area (Å²) in [4.78, 5) is 28.4. The summed E-state index contributed by atoms with van der Waals surface area (Å²) < 4.78 is 13.5. The summed E-state index contributed by atoms with van der Waals surface area (Å²) in [6.07, 6.45) is 4.02. The molecule has 3 atom stereocenters. The molecule has 7 heteroatoms. The second-order valence-electron chi connectivity index (χ2n) is 9.61. The number of aryl methyl sites for hydroxylation is 2. The Labute approximate surface area is 219 Å². The van der Waals surface area contributed by atoms with Crippen LogP contribution in [-0.4, -0.2) is 21.9 Å². The number of imide groups is 1. The lowest BCUT2D eigenvalue weighted by Gasteiger charge is -2.43. The molecule has 188 valence electrons. The van der Waals surface area contributed by atoms with Crippen LogP contribution in [0.5, 0.6) is 5.75 Å². The average Bonchev–Trinajstić information content (AvgIpc) is 3.10. The Morgan fingerprint density at radius 2 is 1.70 bits per heavy atom. The molecule has 0 aromatic heterocycles. The highest BCUT2D eigenvalue weighted by molar-refractivity contribution is 6.30. The van der Waals surface area contributed by atoms with Crippen molar-refractivity contribution in [1.29, 1.82) is 0 Å². The number of nitrogens with one attached hydrogen (secondary N) is 1. The van der Waals surface area contributed by atoms with E-state index in [0.29, 0.717) is 33.8 Å². The molecule has 0 bridgehead atoms. The van der Waals surface area contributed by atoms with Gasteiger partial charge in [0.05, 0.1) is 17.0 Å². The van der Waals surface area contributed by atoms with Gasteiger partial charge in [0.1, 0.15) is 11.6 Å². The molecule has 1 aliphatic carbocycles. The van der Waals surface area contributed by atoms with Crippen LogP contribution >= 0.6 is 11.6 Å². The smallest absolute Gasteiger partial charge is 0.260 e. The van der Waals surface area contributed by atoms with Gasteiger partial charge in [-0.1, -0.05) is 54.6 Å². The molecule has 0 radical (unpaired) electrons. The van der Waals surface area contributed by atoms with Crippen molar-refractivity contribution in [3.05, 3.63) is 118 Å². The summed E-state index contributed by atoms with van der Waals surface area (Å²) in [5, 5.41) is 12.0. The number of aromatic hydroxyl groups is 1. The molecule has 3 unspecified atom stereocenters. The SMILES string of the molecule is C=CC1=CCC2C(=O)N(Nc3ccc(F)cc3)C(=O)C2(c2ccc(Cl)cc2)C1c1cc(C)c(O)c(C)c1. The summed E-state index contributed by atoms with van der Waals surface area (Å²) >= 11 is 6.21. The predicted octanol–water partition coefficient (Wildman–Crippen LogP) is 6.35. The minimum Gasteiger partial charge on any atom is -0.507 e. The molecule has 0 saturated carbocycles. The highest BCUT2D eigenvalue weighted by Crippen LogP contribution is 2.58. The van der Waals surface area contributed by atoms with Gasteiger partial charge < -0.3 is 5.11 Å². The molecule has 2 N–H and O–H groups in total. The fourth-order valence-electron chi connectivity index (χ4n) is 5.82. The average molecular weight is 517 g/mol. The van der Waals surface area contributed by atoms with E-state index in [4.69, 9.17) is 11.6 Å². The first-order chi connectivity index (χ1) is 17.7. The Bertz CT molecular complexity index is 1430. The van der Waals surface area contributed by atoms with E-state index in [1.54, 1.807) is 30.3 Å². The van der Waals surface area contributed by atoms with Crippen LogP contribution < -0.4 is 5.43 Å². The zero-order valence-electron chi connectivity index (χ0n) is 20.5. The fourth-order valence-corrected chi connectivity index (χ4v) is 5.95. The van der Waals surface area contributed by atoms with Crippen LogP contribution in [-0.2, 0) is 15.0 Å². The molecular formula is C30H26ClFN2O3. The fraction of sp³-hybridized carbons (Fsp3) is 0.200. The van der Waals surface area contributed by atoms with Gasteiger partial charge in [-0.2, -0.15) is 5.01 Å². The Kier molecular flexibility index (Phi) is 6.16. The Morgan fingerprint density at radius 3 is 2.30 bits per heavy atom. The molecular weight excluding hydrogens is 491 g/mol. The highest BCUT2D eigenvalue weighted by Gasteiger charge is 2.65. The van der Waals surface area contributed by atoms with Crippen LogP contribution in [0.4, 0.5) is 10.1 Å². The molecule has 3 aromatic carbocycles. The van der Waals surface area contributed by atoms with Crippen LogP contribution in [0.1, 0.15) is 34.6 Å². The third kappa shape index (κ3) is 3.83. The highest BCUT2D eigenvalue weighted by atomic mass is 35.5. The summed E-state index contributed by atoms with van der Waals surface area (Å²) in [6.45, 7) is 7.63. The lowest BCUT2D eigenvalue weighted by molar-refractivity contribution is -0.138. The number of amides is 2. The van der Waals surface area contributed by atoms with Gasteiger partial charge in [-0.05, 0) is 84.5 Å². The molecule has 1 saturated heterocycles. The third-order valence-electron chi connectivity index (χ3n) is 7.49. The van der Waals surface area contributed by atoms with Gasteiger partial charge in [-0.3, -0.25) is 15.0 Å². The van der Waals surface area contributed by atoms with E-state index in [2.05, 4.69) is 12.0 Å². The number of allylic oxidation sites excluding steroid dienone is 3. The van der Waals surface area contributed by atoms with E-state index >= 15 is 0 Å². The number of phenols is 1. The normalized spacial score (nSPS) is 23.0. The lowest BCUT2D eigenvalue weighted by atomic mass is 9.56. The van der Waals surface area contributed by atoms with Crippen molar-refractivity contribution in [3.63, 3.8) is 0 Å². The molecule has 1 aliphatic heterocycles. The van der Waals surface area contributed by atoms with Gasteiger partial charge in [0.2, 0.25) is 0 Å². The van der Waals surface area contributed by atoms with Gasteiger partial charge >= 0.3 is 0 Å². The van der Waals surface area contributed by atoms with E-state index in [9.17, 15) is 19.1 Å². The molecule has 5 rings (SSSR count). The summed E-state index contributed by atoms with van der Waals surface area (Å²) in [5.74, 6) is -2.30. The van der Waals surface area contributed by atoms with Crippen LogP contribution in [0.25, 0.3) is 0 Å². The standard InChI is InChI=1S/C30H26ClFN2O3/c1-4-19-5-14-25-28(36)34(33-24-12-10-23(32)11-13-24)29(37)30(25,21-6-8-22(31)9-7-21)26(19)20-15-17(2)27(35)18(3)16-20/h4-13,15-16,25-26,33,35H,1,14H2,2-3H3. The van der Waals surface area contributed by atoms with Crippen molar-refractivity contribution in [1.82, 2.24) is 5.01 Å². The molecule has 0 spiro atoms.